The summed E-state index contributed by atoms with van der Waals surface area (Å²) in [6.07, 6.45) is -0.377. The Kier molecular flexibility index (Phi) is 6.50. The van der Waals surface area contributed by atoms with Crippen LogP contribution in [0.1, 0.15) is 29.3 Å². The van der Waals surface area contributed by atoms with Gasteiger partial charge in [0.25, 0.3) is 0 Å². The maximum atomic E-state index is 12.9. The normalized spacial score (nSPS) is 16.7. The summed E-state index contributed by atoms with van der Waals surface area (Å²) in [6, 6.07) is 21.2. The number of rotatable bonds is 7. The zero-order valence-electron chi connectivity index (χ0n) is 19.8. The molecule has 180 valence electrons. The lowest BCUT2D eigenvalue weighted by atomic mass is 10.1. The number of carbonyl (C=O) groups excluding carboxylic acids is 1. The number of aromatic nitrogens is 2. The molecule has 0 aliphatic carbocycles. The number of aliphatic hydroxyl groups is 1. The number of halogens is 1. The Morgan fingerprint density at radius 2 is 1.89 bits per heavy atom. The first-order valence-electron chi connectivity index (χ1n) is 11.8. The van der Waals surface area contributed by atoms with Crippen molar-refractivity contribution in [1.29, 1.82) is 0 Å². The number of fused-ring (bicyclic) bond motifs is 1. The molecule has 4 aromatic rings. The van der Waals surface area contributed by atoms with Crippen molar-refractivity contribution in [1.82, 2.24) is 9.55 Å². The highest BCUT2D eigenvalue weighted by atomic mass is 35.5. The van der Waals surface area contributed by atoms with Crippen LogP contribution in [0.25, 0.3) is 11.0 Å². The van der Waals surface area contributed by atoms with Gasteiger partial charge in [-0.2, -0.15) is 0 Å². The van der Waals surface area contributed by atoms with Crippen LogP contribution in [0.5, 0.6) is 5.75 Å². The summed E-state index contributed by atoms with van der Waals surface area (Å²) >= 11 is 6.02. The fraction of sp³-hybridized carbons (Fsp3) is 0.286. The highest BCUT2D eigenvalue weighted by Crippen LogP contribution is 2.34. The summed E-state index contributed by atoms with van der Waals surface area (Å²) in [4.78, 5) is 19.6. The van der Waals surface area contributed by atoms with Crippen molar-refractivity contribution < 1.29 is 14.6 Å². The van der Waals surface area contributed by atoms with Crippen LogP contribution >= 0.6 is 11.6 Å². The lowest BCUT2D eigenvalue weighted by Gasteiger charge is -2.19. The third-order valence-electron chi connectivity index (χ3n) is 6.47. The monoisotopic (exact) mass is 489 g/mol. The number of para-hydroxylation sites is 2. The molecule has 1 saturated heterocycles. The van der Waals surface area contributed by atoms with Gasteiger partial charge in [-0.1, -0.05) is 41.4 Å². The summed E-state index contributed by atoms with van der Waals surface area (Å²) in [5.41, 5.74) is 4.82. The van der Waals surface area contributed by atoms with Crippen LogP contribution in [-0.2, 0) is 11.3 Å². The quantitative estimate of drug-likeness (QED) is 0.384. The summed E-state index contributed by atoms with van der Waals surface area (Å²) in [5, 5.41) is 11.5. The molecule has 1 aromatic heterocycles. The third-order valence-corrected chi connectivity index (χ3v) is 6.72. The van der Waals surface area contributed by atoms with Crippen LogP contribution in [0, 0.1) is 13.8 Å². The Bertz CT molecular complexity index is 1370. The van der Waals surface area contributed by atoms with E-state index in [4.69, 9.17) is 21.3 Å². The molecular weight excluding hydrogens is 462 g/mol. The molecule has 1 aliphatic heterocycles. The fourth-order valence-electron chi connectivity index (χ4n) is 4.76. The van der Waals surface area contributed by atoms with Gasteiger partial charge in [-0.25, -0.2) is 4.98 Å². The summed E-state index contributed by atoms with van der Waals surface area (Å²) < 4.78 is 7.96. The predicted octanol–water partition coefficient (Wildman–Crippen LogP) is 5.27. The van der Waals surface area contributed by atoms with Gasteiger partial charge in [0.15, 0.2) is 0 Å². The van der Waals surface area contributed by atoms with Gasteiger partial charge in [-0.15, -0.1) is 0 Å². The molecule has 2 heterocycles. The Hall–Kier alpha value is -3.35. The molecule has 6 nitrogen and oxygen atoms in total. The van der Waals surface area contributed by atoms with E-state index >= 15 is 0 Å². The Morgan fingerprint density at radius 1 is 1.11 bits per heavy atom. The van der Waals surface area contributed by atoms with E-state index in [1.807, 2.05) is 66.9 Å². The van der Waals surface area contributed by atoms with E-state index < -0.39 is 6.10 Å². The van der Waals surface area contributed by atoms with Gasteiger partial charge in [-0.3, -0.25) is 4.79 Å². The molecule has 1 amide bonds. The number of hydrogen-bond donors (Lipinski definition) is 1. The van der Waals surface area contributed by atoms with Crippen LogP contribution in [0.3, 0.4) is 0 Å². The molecule has 1 N–H and O–H groups in total. The van der Waals surface area contributed by atoms with E-state index in [-0.39, 0.29) is 18.4 Å². The van der Waals surface area contributed by atoms with Crippen molar-refractivity contribution in [2.75, 3.05) is 18.1 Å². The van der Waals surface area contributed by atoms with Crippen molar-refractivity contribution in [3.8, 4) is 5.75 Å². The maximum Gasteiger partial charge on any atom is 0.227 e. The molecule has 7 heteroatoms. The van der Waals surface area contributed by atoms with E-state index in [9.17, 15) is 9.90 Å². The number of benzene rings is 3. The standard InChI is InChI=1S/C28H28ClN3O3/c1-18-7-12-26(19(2)13-18)35-17-23(33)16-32-25-6-4-3-5-24(25)30-28(32)20-14-27(34)31(15-20)22-10-8-21(29)9-11-22/h3-13,20,23,33H,14-17H2,1-2H3/t20-,23+/m1/s1. The van der Waals surface area contributed by atoms with Crippen molar-refractivity contribution in [3.05, 3.63) is 88.7 Å². The molecular formula is C28H28ClN3O3. The molecule has 3 aromatic carbocycles. The highest BCUT2D eigenvalue weighted by Gasteiger charge is 2.35. The molecule has 0 radical (unpaired) electrons. The average Bonchev–Trinajstić information content (AvgIpc) is 3.40. The SMILES string of the molecule is Cc1ccc(OC[C@@H](O)Cn2c([C@@H]3CC(=O)N(c4ccc(Cl)cc4)C3)nc3ccccc32)c(C)c1. The van der Waals surface area contributed by atoms with Crippen LogP contribution < -0.4 is 9.64 Å². The van der Waals surface area contributed by atoms with Gasteiger partial charge in [0.1, 0.15) is 24.3 Å². The average molecular weight is 490 g/mol. The molecule has 0 spiro atoms. The fourth-order valence-corrected chi connectivity index (χ4v) is 4.89. The molecule has 2 atom stereocenters. The number of imidazole rings is 1. The lowest BCUT2D eigenvalue weighted by molar-refractivity contribution is -0.117. The first kappa shape index (κ1) is 23.4. The minimum absolute atomic E-state index is 0.0506. The second kappa shape index (κ2) is 9.72. The Morgan fingerprint density at radius 3 is 2.66 bits per heavy atom. The van der Waals surface area contributed by atoms with E-state index in [0.29, 0.717) is 24.5 Å². The maximum absolute atomic E-state index is 12.9. The molecule has 35 heavy (non-hydrogen) atoms. The number of amides is 1. The van der Waals surface area contributed by atoms with Crippen LogP contribution in [0.2, 0.25) is 5.02 Å². The number of anilines is 1. The van der Waals surface area contributed by atoms with E-state index in [2.05, 4.69) is 6.07 Å². The zero-order chi connectivity index (χ0) is 24.5. The minimum atomic E-state index is -0.739. The van der Waals surface area contributed by atoms with Gasteiger partial charge in [-0.05, 0) is 61.9 Å². The molecule has 1 aliphatic rings. The van der Waals surface area contributed by atoms with E-state index in [0.717, 1.165) is 33.9 Å². The van der Waals surface area contributed by atoms with Crippen LogP contribution in [0.15, 0.2) is 66.7 Å². The van der Waals surface area contributed by atoms with E-state index in [1.165, 1.54) is 5.56 Å². The van der Waals surface area contributed by atoms with Gasteiger partial charge in [0, 0.05) is 29.6 Å². The molecule has 0 saturated carbocycles. The van der Waals surface area contributed by atoms with Gasteiger partial charge >= 0.3 is 0 Å². The van der Waals surface area contributed by atoms with Gasteiger partial charge < -0.3 is 19.3 Å². The van der Waals surface area contributed by atoms with Crippen molar-refractivity contribution in [3.63, 3.8) is 0 Å². The topological polar surface area (TPSA) is 67.6 Å². The second-order valence-electron chi connectivity index (χ2n) is 9.18. The zero-order valence-corrected chi connectivity index (χ0v) is 20.6. The lowest BCUT2D eigenvalue weighted by Crippen LogP contribution is -2.26. The van der Waals surface area contributed by atoms with Crippen molar-refractivity contribution in [2.24, 2.45) is 0 Å². The number of aryl methyl sites for hydroxylation is 2. The number of nitrogens with zero attached hydrogens (tertiary/aromatic N) is 3. The summed E-state index contributed by atoms with van der Waals surface area (Å²) in [7, 11) is 0. The first-order chi connectivity index (χ1) is 16.9. The summed E-state index contributed by atoms with van der Waals surface area (Å²) in [5.74, 6) is 1.54. The summed E-state index contributed by atoms with van der Waals surface area (Å²) in [6.45, 7) is 5.06. The molecule has 1 fully saturated rings. The Balaban J connectivity index is 1.37. The number of hydrogen-bond acceptors (Lipinski definition) is 4. The number of aliphatic hydroxyl groups excluding tert-OH is 1. The third kappa shape index (κ3) is 4.90. The predicted molar refractivity (Wildman–Crippen MR) is 138 cm³/mol. The largest absolute Gasteiger partial charge is 0.491 e. The van der Waals surface area contributed by atoms with Crippen molar-refractivity contribution >= 4 is 34.2 Å². The number of ether oxygens (including phenoxy) is 1. The van der Waals surface area contributed by atoms with Gasteiger partial charge in [0.05, 0.1) is 17.6 Å². The first-order valence-corrected chi connectivity index (χ1v) is 12.2. The van der Waals surface area contributed by atoms with Crippen LogP contribution in [-0.4, -0.2) is 39.8 Å². The van der Waals surface area contributed by atoms with Crippen LogP contribution in [0.4, 0.5) is 5.69 Å². The van der Waals surface area contributed by atoms with E-state index in [1.54, 1.807) is 17.0 Å². The molecule has 0 unspecified atom stereocenters. The minimum Gasteiger partial charge on any atom is -0.491 e. The highest BCUT2D eigenvalue weighted by molar-refractivity contribution is 6.30. The van der Waals surface area contributed by atoms with Crippen molar-refractivity contribution in [2.45, 2.75) is 38.8 Å². The Labute approximate surface area is 209 Å². The number of carbonyl (C=O) groups is 1. The molecule has 5 rings (SSSR count). The van der Waals surface area contributed by atoms with Gasteiger partial charge in [0.2, 0.25) is 5.91 Å². The second-order valence-corrected chi connectivity index (χ2v) is 9.62. The molecule has 0 bridgehead atoms. The smallest absolute Gasteiger partial charge is 0.227 e.